The van der Waals surface area contributed by atoms with Gasteiger partial charge in [0.05, 0.1) is 18.3 Å². The Kier molecular flexibility index (Phi) is 3.51. The van der Waals surface area contributed by atoms with Crippen LogP contribution in [0, 0.1) is 0 Å². The summed E-state index contributed by atoms with van der Waals surface area (Å²) in [5.41, 5.74) is 3.03. The summed E-state index contributed by atoms with van der Waals surface area (Å²) in [6.07, 6.45) is 0.878. The van der Waals surface area contributed by atoms with E-state index in [9.17, 15) is 4.79 Å². The van der Waals surface area contributed by atoms with Crippen molar-refractivity contribution in [2.75, 3.05) is 7.11 Å². The highest BCUT2D eigenvalue weighted by Gasteiger charge is 2.17. The highest BCUT2D eigenvalue weighted by atomic mass is 35.5. The molecular formula is C20H14ClNO2. The Morgan fingerprint density at radius 3 is 2.67 bits per heavy atom. The molecule has 0 radical (unpaired) electrons. The van der Waals surface area contributed by atoms with Crippen LogP contribution in [0.25, 0.3) is 32.9 Å². The zero-order chi connectivity index (χ0) is 16.7. The molecule has 1 N–H and O–H groups in total. The molecule has 0 spiro atoms. The van der Waals surface area contributed by atoms with Crippen LogP contribution in [0.3, 0.4) is 0 Å². The van der Waals surface area contributed by atoms with E-state index in [0.29, 0.717) is 16.3 Å². The summed E-state index contributed by atoms with van der Waals surface area (Å²) in [5.74, 6) is 0.665. The number of fused-ring (bicyclic) bond motifs is 3. The molecule has 0 aliphatic carbocycles. The van der Waals surface area contributed by atoms with Gasteiger partial charge in [0, 0.05) is 26.9 Å². The predicted molar refractivity (Wildman–Crippen MR) is 98.2 cm³/mol. The molecule has 0 atom stereocenters. The third-order valence-corrected chi connectivity index (χ3v) is 4.52. The lowest BCUT2D eigenvalue weighted by Crippen LogP contribution is -1.90. The van der Waals surface area contributed by atoms with Crippen molar-refractivity contribution in [3.8, 4) is 17.0 Å². The van der Waals surface area contributed by atoms with E-state index in [-0.39, 0.29) is 0 Å². The van der Waals surface area contributed by atoms with Crippen molar-refractivity contribution in [2.24, 2.45) is 0 Å². The number of benzene rings is 3. The Balaban J connectivity index is 2.11. The molecule has 0 aliphatic heterocycles. The van der Waals surface area contributed by atoms with Crippen LogP contribution in [0.5, 0.6) is 5.75 Å². The molecule has 1 aromatic heterocycles. The van der Waals surface area contributed by atoms with E-state index in [1.165, 1.54) is 0 Å². The number of carbonyl (C=O) groups is 1. The zero-order valence-electron chi connectivity index (χ0n) is 13.0. The average Bonchev–Trinajstić information content (AvgIpc) is 3.00. The van der Waals surface area contributed by atoms with E-state index >= 15 is 0 Å². The SMILES string of the molecule is COc1ccc(Cl)cc1-c1[nH]c2c(ccc3ccccc32)c1C=O. The van der Waals surface area contributed by atoms with Gasteiger partial charge in [0.25, 0.3) is 0 Å². The molecule has 0 aliphatic rings. The first-order valence-electron chi connectivity index (χ1n) is 7.55. The number of aromatic amines is 1. The van der Waals surface area contributed by atoms with Gasteiger partial charge in [-0.05, 0) is 23.6 Å². The van der Waals surface area contributed by atoms with Crippen LogP contribution in [-0.4, -0.2) is 18.4 Å². The van der Waals surface area contributed by atoms with E-state index in [0.717, 1.165) is 39.2 Å². The van der Waals surface area contributed by atoms with Crippen LogP contribution < -0.4 is 4.74 Å². The van der Waals surface area contributed by atoms with Gasteiger partial charge in [-0.3, -0.25) is 4.79 Å². The summed E-state index contributed by atoms with van der Waals surface area (Å²) in [4.78, 5) is 15.2. The molecule has 0 unspecified atom stereocenters. The number of aromatic nitrogens is 1. The maximum atomic E-state index is 11.8. The van der Waals surface area contributed by atoms with Crippen molar-refractivity contribution in [1.82, 2.24) is 4.98 Å². The van der Waals surface area contributed by atoms with E-state index < -0.39 is 0 Å². The Morgan fingerprint density at radius 2 is 1.88 bits per heavy atom. The summed E-state index contributed by atoms with van der Waals surface area (Å²) in [7, 11) is 1.60. The van der Waals surface area contributed by atoms with Crippen LogP contribution in [0.15, 0.2) is 54.6 Å². The van der Waals surface area contributed by atoms with Crippen molar-refractivity contribution < 1.29 is 9.53 Å². The lowest BCUT2D eigenvalue weighted by Gasteiger charge is -2.08. The van der Waals surface area contributed by atoms with E-state index in [4.69, 9.17) is 16.3 Å². The van der Waals surface area contributed by atoms with Crippen molar-refractivity contribution in [3.63, 3.8) is 0 Å². The Hall–Kier alpha value is -2.78. The number of methoxy groups -OCH3 is 1. The minimum atomic E-state index is 0.589. The highest BCUT2D eigenvalue weighted by molar-refractivity contribution is 6.31. The molecule has 3 aromatic carbocycles. The lowest BCUT2D eigenvalue weighted by atomic mass is 10.0. The molecule has 0 fully saturated rings. The van der Waals surface area contributed by atoms with Gasteiger partial charge < -0.3 is 9.72 Å². The fraction of sp³-hybridized carbons (Fsp3) is 0.0500. The number of nitrogens with one attached hydrogen (secondary N) is 1. The summed E-state index contributed by atoms with van der Waals surface area (Å²) in [6, 6.07) is 17.5. The maximum absolute atomic E-state index is 11.8. The molecule has 4 heteroatoms. The highest BCUT2D eigenvalue weighted by Crippen LogP contribution is 2.38. The van der Waals surface area contributed by atoms with Gasteiger partial charge in [0.2, 0.25) is 0 Å². The fourth-order valence-electron chi connectivity index (χ4n) is 3.17. The number of carbonyl (C=O) groups excluding carboxylic acids is 1. The predicted octanol–water partition coefficient (Wildman–Crippen LogP) is 5.46. The van der Waals surface area contributed by atoms with E-state index in [1.54, 1.807) is 25.3 Å². The number of hydrogen-bond donors (Lipinski definition) is 1. The summed E-state index contributed by atoms with van der Waals surface area (Å²) in [6.45, 7) is 0. The van der Waals surface area contributed by atoms with Crippen LogP contribution in [-0.2, 0) is 0 Å². The van der Waals surface area contributed by atoms with E-state index in [1.807, 2.05) is 30.3 Å². The minimum Gasteiger partial charge on any atom is -0.496 e. The number of hydrogen-bond acceptors (Lipinski definition) is 2. The lowest BCUT2D eigenvalue weighted by molar-refractivity contribution is 0.112. The molecule has 118 valence electrons. The normalized spacial score (nSPS) is 11.1. The maximum Gasteiger partial charge on any atom is 0.152 e. The second-order valence-electron chi connectivity index (χ2n) is 5.59. The quantitative estimate of drug-likeness (QED) is 0.505. The third kappa shape index (κ3) is 2.17. The van der Waals surface area contributed by atoms with Crippen molar-refractivity contribution in [3.05, 3.63) is 65.2 Å². The third-order valence-electron chi connectivity index (χ3n) is 4.29. The van der Waals surface area contributed by atoms with Crippen LogP contribution in [0.4, 0.5) is 0 Å². The first-order chi connectivity index (χ1) is 11.7. The smallest absolute Gasteiger partial charge is 0.152 e. The van der Waals surface area contributed by atoms with E-state index in [2.05, 4.69) is 11.1 Å². The molecule has 0 saturated heterocycles. The summed E-state index contributed by atoms with van der Waals surface area (Å²) >= 11 is 6.16. The van der Waals surface area contributed by atoms with Gasteiger partial charge in [-0.25, -0.2) is 0 Å². The zero-order valence-corrected chi connectivity index (χ0v) is 13.7. The Morgan fingerprint density at radius 1 is 1.04 bits per heavy atom. The summed E-state index contributed by atoms with van der Waals surface area (Å²) in [5, 5.41) is 3.67. The number of H-pyrrole nitrogens is 1. The van der Waals surface area contributed by atoms with Gasteiger partial charge in [-0.1, -0.05) is 48.0 Å². The van der Waals surface area contributed by atoms with Crippen molar-refractivity contribution >= 4 is 39.6 Å². The topological polar surface area (TPSA) is 42.1 Å². The molecular weight excluding hydrogens is 322 g/mol. The number of aldehydes is 1. The van der Waals surface area contributed by atoms with Gasteiger partial charge >= 0.3 is 0 Å². The summed E-state index contributed by atoms with van der Waals surface area (Å²) < 4.78 is 5.44. The Bertz CT molecular complexity index is 1080. The molecule has 0 bridgehead atoms. The van der Waals surface area contributed by atoms with Crippen molar-refractivity contribution in [2.45, 2.75) is 0 Å². The Labute approximate surface area is 143 Å². The van der Waals surface area contributed by atoms with Gasteiger partial charge in [-0.2, -0.15) is 0 Å². The second kappa shape index (κ2) is 5.69. The molecule has 4 aromatic rings. The van der Waals surface area contributed by atoms with Gasteiger partial charge in [0.15, 0.2) is 6.29 Å². The van der Waals surface area contributed by atoms with Gasteiger partial charge in [-0.15, -0.1) is 0 Å². The largest absolute Gasteiger partial charge is 0.496 e. The molecule has 0 amide bonds. The average molecular weight is 336 g/mol. The number of ether oxygens (including phenoxy) is 1. The van der Waals surface area contributed by atoms with Crippen molar-refractivity contribution in [1.29, 1.82) is 0 Å². The van der Waals surface area contributed by atoms with Crippen LogP contribution >= 0.6 is 11.6 Å². The molecule has 24 heavy (non-hydrogen) atoms. The molecule has 1 heterocycles. The number of halogens is 1. The molecule has 0 saturated carbocycles. The first-order valence-corrected chi connectivity index (χ1v) is 7.93. The van der Waals surface area contributed by atoms with Crippen LogP contribution in [0.2, 0.25) is 5.02 Å². The number of rotatable bonds is 3. The molecule has 3 nitrogen and oxygen atoms in total. The van der Waals surface area contributed by atoms with Crippen LogP contribution in [0.1, 0.15) is 10.4 Å². The van der Waals surface area contributed by atoms with Gasteiger partial charge in [0.1, 0.15) is 5.75 Å². The molecule has 4 rings (SSSR count). The fourth-order valence-corrected chi connectivity index (χ4v) is 3.34. The first kappa shape index (κ1) is 14.8. The standard InChI is InChI=1S/C20H14ClNO2/c1-24-18-9-7-13(21)10-16(18)20-17(11-23)15-8-6-12-4-2-3-5-14(12)19(15)22-20/h2-11,22H,1H3. The second-order valence-corrected chi connectivity index (χ2v) is 6.02. The minimum absolute atomic E-state index is 0.589. The monoisotopic (exact) mass is 335 g/mol.